The molecule has 0 unspecified atom stereocenters. The van der Waals surface area contributed by atoms with E-state index in [2.05, 4.69) is 20.9 Å². The van der Waals surface area contributed by atoms with Crippen LogP contribution in [0.2, 0.25) is 0 Å². The molecule has 148 valence electrons. The molecule has 8 heteroatoms. The zero-order chi connectivity index (χ0) is 20.0. The van der Waals surface area contributed by atoms with E-state index < -0.39 is 18.2 Å². The van der Waals surface area contributed by atoms with E-state index in [1.807, 2.05) is 42.5 Å². The fraction of sp³-hybridized carbons (Fsp3) is 0.350. The minimum Gasteiger partial charge on any atom is -0.480 e. The molecule has 1 N–H and O–H groups in total. The number of carbonyl (C=O) groups is 2. The van der Waals surface area contributed by atoms with E-state index >= 15 is 0 Å². The second-order valence-electron chi connectivity index (χ2n) is 6.57. The second-order valence-corrected chi connectivity index (χ2v) is 7.48. The molecule has 0 spiro atoms. The standard InChI is InChI=1S/C20H21BrN2O5/c21-16-6-7-17(22-12-16)20(28-14-18(24)25)8-10-23(11-9-20)19(26)27-13-15-4-2-1-3-5-15/h1-7,12H,8-11,13-14H2,(H,24,25). The van der Waals surface area contributed by atoms with Gasteiger partial charge in [0.2, 0.25) is 0 Å². The SMILES string of the molecule is O=C(O)COC1(c2ccc(Br)cn2)CCN(C(=O)OCc2ccccc2)CC1. The van der Waals surface area contributed by atoms with E-state index in [0.717, 1.165) is 10.0 Å². The number of amides is 1. The van der Waals surface area contributed by atoms with Crippen molar-refractivity contribution in [2.45, 2.75) is 25.0 Å². The zero-order valence-corrected chi connectivity index (χ0v) is 16.8. The van der Waals surface area contributed by atoms with Gasteiger partial charge < -0.3 is 19.5 Å². The second kappa shape index (κ2) is 9.16. The first-order valence-electron chi connectivity index (χ1n) is 8.92. The molecule has 1 aromatic heterocycles. The fourth-order valence-electron chi connectivity index (χ4n) is 3.18. The molecule has 0 bridgehead atoms. The van der Waals surface area contributed by atoms with E-state index in [1.54, 1.807) is 11.1 Å². The number of likely N-dealkylation sites (tertiary alicyclic amines) is 1. The number of aromatic nitrogens is 1. The number of aliphatic carboxylic acids is 1. The topological polar surface area (TPSA) is 89.0 Å². The highest BCUT2D eigenvalue weighted by molar-refractivity contribution is 9.10. The Morgan fingerprint density at radius 1 is 1.14 bits per heavy atom. The number of piperidine rings is 1. The lowest BCUT2D eigenvalue weighted by Crippen LogP contribution is -2.47. The number of ether oxygens (including phenoxy) is 2. The van der Waals surface area contributed by atoms with Crippen LogP contribution in [0.3, 0.4) is 0 Å². The third-order valence-electron chi connectivity index (χ3n) is 4.70. The molecule has 0 atom stereocenters. The van der Waals surface area contributed by atoms with Crippen LogP contribution >= 0.6 is 15.9 Å². The molecule has 1 aromatic carbocycles. The number of carboxylic acid groups (broad SMARTS) is 1. The molecule has 1 amide bonds. The van der Waals surface area contributed by atoms with E-state index in [1.165, 1.54) is 0 Å². The van der Waals surface area contributed by atoms with Crippen molar-refractivity contribution in [3.8, 4) is 0 Å². The van der Waals surface area contributed by atoms with Crippen LogP contribution in [-0.4, -0.2) is 46.7 Å². The van der Waals surface area contributed by atoms with Crippen molar-refractivity contribution in [2.24, 2.45) is 0 Å². The molecule has 0 radical (unpaired) electrons. The van der Waals surface area contributed by atoms with Gasteiger partial charge in [0.25, 0.3) is 0 Å². The molecular formula is C20H21BrN2O5. The number of pyridine rings is 1. The maximum Gasteiger partial charge on any atom is 0.410 e. The van der Waals surface area contributed by atoms with Crippen LogP contribution in [-0.2, 0) is 26.5 Å². The first-order chi connectivity index (χ1) is 13.5. The van der Waals surface area contributed by atoms with Crippen LogP contribution in [0.5, 0.6) is 0 Å². The minimum atomic E-state index is -1.04. The largest absolute Gasteiger partial charge is 0.480 e. The van der Waals surface area contributed by atoms with E-state index in [4.69, 9.17) is 14.6 Å². The molecule has 2 aromatic rings. The van der Waals surface area contributed by atoms with Crippen molar-refractivity contribution in [2.75, 3.05) is 19.7 Å². The first kappa shape index (κ1) is 20.3. The lowest BCUT2D eigenvalue weighted by atomic mass is 9.87. The average Bonchev–Trinajstić information content (AvgIpc) is 2.72. The Hall–Kier alpha value is -2.45. The van der Waals surface area contributed by atoms with Gasteiger partial charge in [0.1, 0.15) is 18.8 Å². The van der Waals surface area contributed by atoms with Crippen molar-refractivity contribution < 1.29 is 24.2 Å². The molecule has 2 heterocycles. The highest BCUT2D eigenvalue weighted by Gasteiger charge is 2.40. The van der Waals surface area contributed by atoms with Gasteiger partial charge in [-0.05, 0) is 46.5 Å². The molecule has 1 saturated heterocycles. The van der Waals surface area contributed by atoms with Crippen LogP contribution < -0.4 is 0 Å². The molecule has 1 aliphatic heterocycles. The Morgan fingerprint density at radius 3 is 2.46 bits per heavy atom. The molecule has 7 nitrogen and oxygen atoms in total. The van der Waals surface area contributed by atoms with Gasteiger partial charge >= 0.3 is 12.1 Å². The number of nitrogens with zero attached hydrogens (tertiary/aromatic N) is 2. The van der Waals surface area contributed by atoms with Gasteiger partial charge in [-0.3, -0.25) is 4.98 Å². The summed E-state index contributed by atoms with van der Waals surface area (Å²) in [6.07, 6.45) is 2.14. The van der Waals surface area contributed by atoms with Gasteiger partial charge in [-0.25, -0.2) is 9.59 Å². The van der Waals surface area contributed by atoms with Gasteiger partial charge in [-0.2, -0.15) is 0 Å². The number of hydrogen-bond acceptors (Lipinski definition) is 5. The number of carbonyl (C=O) groups excluding carboxylic acids is 1. The summed E-state index contributed by atoms with van der Waals surface area (Å²) in [5, 5.41) is 9.03. The summed E-state index contributed by atoms with van der Waals surface area (Å²) in [5.41, 5.74) is 0.746. The fourth-order valence-corrected chi connectivity index (χ4v) is 3.42. The maximum atomic E-state index is 12.4. The molecule has 1 aliphatic rings. The number of benzene rings is 1. The lowest BCUT2D eigenvalue weighted by Gasteiger charge is -2.40. The van der Waals surface area contributed by atoms with Gasteiger partial charge in [-0.15, -0.1) is 0 Å². The molecule has 3 rings (SSSR count). The van der Waals surface area contributed by atoms with Crippen molar-refractivity contribution in [1.29, 1.82) is 0 Å². The van der Waals surface area contributed by atoms with Crippen molar-refractivity contribution >= 4 is 28.0 Å². The summed E-state index contributed by atoms with van der Waals surface area (Å²) in [7, 11) is 0. The smallest absolute Gasteiger partial charge is 0.410 e. The summed E-state index contributed by atoms with van der Waals surface area (Å²) in [5.74, 6) is -1.04. The highest BCUT2D eigenvalue weighted by Crippen LogP contribution is 2.36. The third-order valence-corrected chi connectivity index (χ3v) is 5.17. The maximum absolute atomic E-state index is 12.4. The number of carboxylic acids is 1. The zero-order valence-electron chi connectivity index (χ0n) is 15.2. The predicted octanol–water partition coefficient (Wildman–Crippen LogP) is 3.57. The number of rotatable bonds is 6. The third kappa shape index (κ3) is 5.08. The van der Waals surface area contributed by atoms with Gasteiger partial charge in [0, 0.05) is 23.8 Å². The summed E-state index contributed by atoms with van der Waals surface area (Å²) in [6.45, 7) is 0.581. The molecule has 0 saturated carbocycles. The lowest BCUT2D eigenvalue weighted by molar-refractivity contribution is -0.155. The minimum absolute atomic E-state index is 0.213. The van der Waals surface area contributed by atoms with Crippen LogP contribution in [0.15, 0.2) is 53.1 Å². The molecule has 1 fully saturated rings. The Kier molecular flexibility index (Phi) is 6.64. The Balaban J connectivity index is 1.63. The highest BCUT2D eigenvalue weighted by atomic mass is 79.9. The van der Waals surface area contributed by atoms with Crippen molar-refractivity contribution in [3.63, 3.8) is 0 Å². The van der Waals surface area contributed by atoms with Crippen molar-refractivity contribution in [1.82, 2.24) is 9.88 Å². The Bertz CT molecular complexity index is 805. The Labute approximate surface area is 171 Å². The van der Waals surface area contributed by atoms with Gasteiger partial charge in [0.05, 0.1) is 5.69 Å². The summed E-state index contributed by atoms with van der Waals surface area (Å²) >= 11 is 3.35. The van der Waals surface area contributed by atoms with Crippen LogP contribution in [0.4, 0.5) is 4.79 Å². The van der Waals surface area contributed by atoms with E-state index in [0.29, 0.717) is 31.6 Å². The Morgan fingerprint density at radius 2 is 1.86 bits per heavy atom. The van der Waals surface area contributed by atoms with Gasteiger partial charge in [-0.1, -0.05) is 30.3 Å². The normalized spacial score (nSPS) is 15.8. The first-order valence-corrected chi connectivity index (χ1v) is 9.71. The van der Waals surface area contributed by atoms with Crippen molar-refractivity contribution in [3.05, 3.63) is 64.4 Å². The van der Waals surface area contributed by atoms with Crippen LogP contribution in [0.1, 0.15) is 24.1 Å². The summed E-state index contributed by atoms with van der Waals surface area (Å²) < 4.78 is 12.0. The molecule has 28 heavy (non-hydrogen) atoms. The number of halogens is 1. The van der Waals surface area contributed by atoms with E-state index in [-0.39, 0.29) is 12.7 Å². The average molecular weight is 449 g/mol. The summed E-state index contributed by atoms with van der Waals surface area (Å²) in [4.78, 5) is 29.4. The number of hydrogen-bond donors (Lipinski definition) is 1. The van der Waals surface area contributed by atoms with Crippen LogP contribution in [0.25, 0.3) is 0 Å². The van der Waals surface area contributed by atoms with Crippen LogP contribution in [0, 0.1) is 0 Å². The molecule has 0 aliphatic carbocycles. The quantitative estimate of drug-likeness (QED) is 0.726. The predicted molar refractivity (Wildman–Crippen MR) is 105 cm³/mol. The van der Waals surface area contributed by atoms with Gasteiger partial charge in [0.15, 0.2) is 0 Å². The van der Waals surface area contributed by atoms with E-state index in [9.17, 15) is 9.59 Å². The monoisotopic (exact) mass is 448 g/mol. The summed E-state index contributed by atoms with van der Waals surface area (Å²) in [6, 6.07) is 13.1. The molecular weight excluding hydrogens is 428 g/mol.